The van der Waals surface area contributed by atoms with Gasteiger partial charge in [-0.25, -0.2) is 0 Å². The minimum atomic E-state index is -0.589. The minimum absolute atomic E-state index is 0.0993. The van der Waals surface area contributed by atoms with Gasteiger partial charge in [-0.2, -0.15) is 0 Å². The van der Waals surface area contributed by atoms with Crippen molar-refractivity contribution in [3.8, 4) is 0 Å². The third-order valence-electron chi connectivity index (χ3n) is 2.80. The number of benzene rings is 1. The van der Waals surface area contributed by atoms with Gasteiger partial charge in [-0.05, 0) is 24.6 Å². The summed E-state index contributed by atoms with van der Waals surface area (Å²) >= 11 is 0. The molecule has 2 amide bonds. The molecule has 6 N–H and O–H groups in total. The highest BCUT2D eigenvalue weighted by Crippen LogP contribution is 2.21. The number of hydrogen-bond acceptors (Lipinski definition) is 4. The van der Waals surface area contributed by atoms with Gasteiger partial charge in [0.2, 0.25) is 5.91 Å². The van der Waals surface area contributed by atoms with Gasteiger partial charge in [0.15, 0.2) is 0 Å². The highest BCUT2D eigenvalue weighted by atomic mass is 16.1. The Labute approximate surface area is 112 Å². The number of hydrogen-bond donors (Lipinski definition) is 3. The fraction of sp³-hybridized carbons (Fsp3) is 0.385. The normalized spacial score (nSPS) is 10.2. The number of anilines is 2. The third kappa shape index (κ3) is 4.17. The summed E-state index contributed by atoms with van der Waals surface area (Å²) in [6.07, 6.45) is 1.91. The van der Waals surface area contributed by atoms with Crippen molar-refractivity contribution in [2.75, 3.05) is 23.7 Å². The molecular formula is C13H20N4O2. The van der Waals surface area contributed by atoms with E-state index in [2.05, 4.69) is 6.92 Å². The number of rotatable bonds is 7. The molecule has 0 aliphatic rings. The largest absolute Gasteiger partial charge is 0.398 e. The first kappa shape index (κ1) is 14.8. The van der Waals surface area contributed by atoms with Crippen LogP contribution in [0.2, 0.25) is 0 Å². The van der Waals surface area contributed by atoms with Gasteiger partial charge in [0.1, 0.15) is 0 Å². The molecule has 1 aromatic rings. The van der Waals surface area contributed by atoms with Crippen LogP contribution in [0.4, 0.5) is 11.4 Å². The van der Waals surface area contributed by atoms with Gasteiger partial charge in [0.05, 0.1) is 12.1 Å². The number of nitrogens with two attached hydrogens (primary N) is 3. The van der Waals surface area contributed by atoms with Crippen molar-refractivity contribution in [2.45, 2.75) is 19.8 Å². The first-order valence-corrected chi connectivity index (χ1v) is 6.18. The zero-order valence-electron chi connectivity index (χ0n) is 11.1. The van der Waals surface area contributed by atoms with Crippen molar-refractivity contribution in [2.24, 2.45) is 11.5 Å². The van der Waals surface area contributed by atoms with E-state index in [9.17, 15) is 9.59 Å². The van der Waals surface area contributed by atoms with E-state index in [4.69, 9.17) is 17.2 Å². The number of nitrogen functional groups attached to an aromatic ring is 1. The van der Waals surface area contributed by atoms with Gasteiger partial charge in [0.25, 0.3) is 5.91 Å². The summed E-state index contributed by atoms with van der Waals surface area (Å²) in [6.45, 7) is 2.84. The second-order valence-corrected chi connectivity index (χ2v) is 4.38. The quantitative estimate of drug-likeness (QED) is 0.620. The first-order chi connectivity index (χ1) is 8.95. The molecule has 0 aromatic heterocycles. The highest BCUT2D eigenvalue weighted by Gasteiger charge is 2.13. The van der Waals surface area contributed by atoms with Crippen LogP contribution in [0.3, 0.4) is 0 Å². The molecule has 0 fully saturated rings. The number of primary amides is 2. The SMILES string of the molecule is CCCCN(CC(N)=O)c1ccc(N)c(C(N)=O)c1. The lowest BCUT2D eigenvalue weighted by Crippen LogP contribution is -2.34. The van der Waals surface area contributed by atoms with E-state index in [0.29, 0.717) is 12.2 Å². The predicted molar refractivity (Wildman–Crippen MR) is 75.7 cm³/mol. The van der Waals surface area contributed by atoms with Crippen LogP contribution in [0.15, 0.2) is 18.2 Å². The molecule has 19 heavy (non-hydrogen) atoms. The summed E-state index contributed by atoms with van der Waals surface area (Å²) in [5.74, 6) is -1.01. The molecule has 0 aliphatic heterocycles. The molecule has 6 nitrogen and oxygen atoms in total. The lowest BCUT2D eigenvalue weighted by atomic mass is 10.1. The van der Waals surface area contributed by atoms with Crippen molar-refractivity contribution in [1.29, 1.82) is 0 Å². The summed E-state index contributed by atoms with van der Waals surface area (Å²) in [7, 11) is 0. The highest BCUT2D eigenvalue weighted by molar-refractivity contribution is 5.99. The molecule has 0 aliphatic carbocycles. The van der Waals surface area contributed by atoms with Gasteiger partial charge in [-0.1, -0.05) is 13.3 Å². The second-order valence-electron chi connectivity index (χ2n) is 4.38. The fourth-order valence-corrected chi connectivity index (χ4v) is 1.79. The lowest BCUT2D eigenvalue weighted by molar-refractivity contribution is -0.116. The van der Waals surface area contributed by atoms with Crippen LogP contribution in [0.25, 0.3) is 0 Å². The van der Waals surface area contributed by atoms with Gasteiger partial charge < -0.3 is 22.1 Å². The summed E-state index contributed by atoms with van der Waals surface area (Å²) in [5.41, 5.74) is 17.5. The van der Waals surface area contributed by atoms with Crippen LogP contribution in [-0.2, 0) is 4.79 Å². The topological polar surface area (TPSA) is 115 Å². The van der Waals surface area contributed by atoms with Crippen molar-refractivity contribution < 1.29 is 9.59 Å². The van der Waals surface area contributed by atoms with E-state index in [1.807, 2.05) is 4.90 Å². The number of nitrogens with zero attached hydrogens (tertiary/aromatic N) is 1. The molecule has 0 heterocycles. The monoisotopic (exact) mass is 264 g/mol. The standard InChI is InChI=1S/C13H20N4O2/c1-2-3-6-17(8-12(15)18)9-4-5-11(14)10(7-9)13(16)19/h4-5,7H,2-3,6,8,14H2,1H3,(H2,15,18)(H2,16,19). The third-order valence-corrected chi connectivity index (χ3v) is 2.80. The molecule has 1 aromatic carbocycles. The molecule has 0 bridgehead atoms. The zero-order valence-corrected chi connectivity index (χ0v) is 11.1. The molecule has 1 rings (SSSR count). The lowest BCUT2D eigenvalue weighted by Gasteiger charge is -2.23. The molecule has 0 saturated heterocycles. The molecule has 0 atom stereocenters. The van der Waals surface area contributed by atoms with Crippen LogP contribution in [0.1, 0.15) is 30.1 Å². The van der Waals surface area contributed by atoms with Gasteiger partial charge in [0, 0.05) is 17.9 Å². The summed E-state index contributed by atoms with van der Waals surface area (Å²) in [5, 5.41) is 0. The molecule has 0 unspecified atom stereocenters. The smallest absolute Gasteiger partial charge is 0.250 e. The number of carbonyl (C=O) groups excluding carboxylic acids is 2. The molecule has 104 valence electrons. The van der Waals surface area contributed by atoms with Crippen molar-refractivity contribution in [3.63, 3.8) is 0 Å². The average Bonchev–Trinajstić information content (AvgIpc) is 2.34. The second kappa shape index (κ2) is 6.63. The van der Waals surface area contributed by atoms with Crippen molar-refractivity contribution in [1.82, 2.24) is 0 Å². The van der Waals surface area contributed by atoms with E-state index < -0.39 is 11.8 Å². The maximum atomic E-state index is 11.3. The Balaban J connectivity index is 3.03. The Hall–Kier alpha value is -2.24. The molecule has 0 saturated carbocycles. The zero-order chi connectivity index (χ0) is 14.4. The summed E-state index contributed by atoms with van der Waals surface area (Å²) < 4.78 is 0. The molecule has 0 radical (unpaired) electrons. The van der Waals surface area contributed by atoms with E-state index in [0.717, 1.165) is 18.5 Å². The Morgan fingerprint density at radius 2 is 1.95 bits per heavy atom. The van der Waals surface area contributed by atoms with Crippen LogP contribution in [0, 0.1) is 0 Å². The van der Waals surface area contributed by atoms with Crippen LogP contribution in [-0.4, -0.2) is 24.9 Å². The molecule has 6 heteroatoms. The van der Waals surface area contributed by atoms with E-state index in [1.165, 1.54) is 0 Å². The maximum Gasteiger partial charge on any atom is 0.250 e. The number of amides is 2. The Bertz CT molecular complexity index is 474. The van der Waals surface area contributed by atoms with Crippen LogP contribution in [0.5, 0.6) is 0 Å². The van der Waals surface area contributed by atoms with Crippen LogP contribution >= 0.6 is 0 Å². The summed E-state index contributed by atoms with van der Waals surface area (Å²) in [4.78, 5) is 24.2. The fourth-order valence-electron chi connectivity index (χ4n) is 1.79. The average molecular weight is 264 g/mol. The van der Waals surface area contributed by atoms with Gasteiger partial charge in [-0.3, -0.25) is 9.59 Å². The number of carbonyl (C=O) groups is 2. The number of unbranched alkanes of at least 4 members (excludes halogenated alkanes) is 1. The Morgan fingerprint density at radius 3 is 2.47 bits per heavy atom. The first-order valence-electron chi connectivity index (χ1n) is 6.18. The van der Waals surface area contributed by atoms with Crippen molar-refractivity contribution in [3.05, 3.63) is 23.8 Å². The van der Waals surface area contributed by atoms with Crippen LogP contribution < -0.4 is 22.1 Å². The minimum Gasteiger partial charge on any atom is -0.398 e. The Kier molecular flexibility index (Phi) is 5.17. The summed E-state index contributed by atoms with van der Waals surface area (Å²) in [6, 6.07) is 4.95. The van der Waals surface area contributed by atoms with Gasteiger partial charge >= 0.3 is 0 Å². The molecule has 0 spiro atoms. The van der Waals surface area contributed by atoms with Crippen molar-refractivity contribution >= 4 is 23.2 Å². The van der Waals surface area contributed by atoms with Gasteiger partial charge in [-0.15, -0.1) is 0 Å². The maximum absolute atomic E-state index is 11.3. The van der Waals surface area contributed by atoms with E-state index >= 15 is 0 Å². The van der Waals surface area contributed by atoms with E-state index in [-0.39, 0.29) is 12.1 Å². The molecular weight excluding hydrogens is 244 g/mol. The van der Waals surface area contributed by atoms with E-state index in [1.54, 1.807) is 18.2 Å². The predicted octanol–water partition coefficient (Wildman–Crippen LogP) is 0.460. The Morgan fingerprint density at radius 1 is 1.26 bits per heavy atom.